The molecule has 1 aromatic heterocycles. The lowest BCUT2D eigenvalue weighted by atomic mass is 10.1. The molecule has 1 saturated carbocycles. The van der Waals surface area contributed by atoms with Crippen LogP contribution in [0.5, 0.6) is 5.88 Å². The van der Waals surface area contributed by atoms with Gasteiger partial charge < -0.3 is 15.2 Å². The Balaban J connectivity index is 1.89. The number of rotatable bonds is 5. The van der Waals surface area contributed by atoms with Crippen molar-refractivity contribution in [2.24, 2.45) is 5.92 Å². The van der Waals surface area contributed by atoms with Crippen LogP contribution in [0.3, 0.4) is 0 Å². The molecule has 4 nitrogen and oxygen atoms in total. The van der Waals surface area contributed by atoms with Crippen molar-refractivity contribution in [1.29, 1.82) is 0 Å². The normalized spacial score (nSPS) is 23.6. The molecular weight excluding hydrogens is 216 g/mol. The fourth-order valence-electron chi connectivity index (χ4n) is 2.28. The molecule has 1 fully saturated rings. The molecule has 1 aliphatic rings. The van der Waals surface area contributed by atoms with E-state index >= 15 is 0 Å². The Morgan fingerprint density at radius 1 is 1.47 bits per heavy atom. The van der Waals surface area contributed by atoms with Crippen LogP contribution in [0.4, 0.5) is 5.69 Å². The SMILES string of the molecule is CC1CCCC1Nc1ccc(OCCO)nc1. The summed E-state index contributed by atoms with van der Waals surface area (Å²) in [6.07, 6.45) is 5.65. The van der Waals surface area contributed by atoms with Gasteiger partial charge in [-0.05, 0) is 24.8 Å². The molecule has 1 aromatic rings. The zero-order valence-electron chi connectivity index (χ0n) is 10.2. The van der Waals surface area contributed by atoms with E-state index < -0.39 is 0 Å². The van der Waals surface area contributed by atoms with E-state index in [4.69, 9.17) is 9.84 Å². The van der Waals surface area contributed by atoms with Crippen molar-refractivity contribution in [3.63, 3.8) is 0 Å². The third-order valence-electron chi connectivity index (χ3n) is 3.29. The van der Waals surface area contributed by atoms with Crippen LogP contribution in [0, 0.1) is 5.92 Å². The van der Waals surface area contributed by atoms with Gasteiger partial charge in [0.05, 0.1) is 18.5 Å². The molecule has 0 spiro atoms. The van der Waals surface area contributed by atoms with Crippen molar-refractivity contribution in [3.05, 3.63) is 18.3 Å². The summed E-state index contributed by atoms with van der Waals surface area (Å²) in [5, 5.41) is 12.1. The average Bonchev–Trinajstić information content (AvgIpc) is 2.74. The van der Waals surface area contributed by atoms with Crippen molar-refractivity contribution >= 4 is 5.69 Å². The highest BCUT2D eigenvalue weighted by molar-refractivity contribution is 5.43. The molecule has 0 saturated heterocycles. The maximum Gasteiger partial charge on any atom is 0.213 e. The fraction of sp³-hybridized carbons (Fsp3) is 0.615. The molecule has 94 valence electrons. The van der Waals surface area contributed by atoms with Crippen molar-refractivity contribution in [1.82, 2.24) is 4.98 Å². The van der Waals surface area contributed by atoms with Crippen LogP contribution in [-0.4, -0.2) is 29.3 Å². The lowest BCUT2D eigenvalue weighted by Gasteiger charge is -2.18. The number of pyridine rings is 1. The van der Waals surface area contributed by atoms with E-state index in [2.05, 4.69) is 17.2 Å². The minimum absolute atomic E-state index is 0.0151. The minimum atomic E-state index is 0.0151. The summed E-state index contributed by atoms with van der Waals surface area (Å²) in [5.41, 5.74) is 1.04. The van der Waals surface area contributed by atoms with E-state index in [0.29, 0.717) is 18.5 Å². The molecule has 2 unspecified atom stereocenters. The molecule has 4 heteroatoms. The molecule has 0 amide bonds. The number of nitrogens with one attached hydrogen (secondary N) is 1. The molecule has 1 aliphatic carbocycles. The number of nitrogens with zero attached hydrogens (tertiary/aromatic N) is 1. The van der Waals surface area contributed by atoms with Gasteiger partial charge in [-0.2, -0.15) is 0 Å². The molecule has 0 aliphatic heterocycles. The summed E-state index contributed by atoms with van der Waals surface area (Å²) in [6, 6.07) is 4.38. The predicted molar refractivity (Wildman–Crippen MR) is 67.2 cm³/mol. The largest absolute Gasteiger partial charge is 0.475 e. The molecule has 0 radical (unpaired) electrons. The fourth-order valence-corrected chi connectivity index (χ4v) is 2.28. The first kappa shape index (κ1) is 12.2. The van der Waals surface area contributed by atoms with Crippen LogP contribution in [0.15, 0.2) is 18.3 Å². The second-order valence-corrected chi connectivity index (χ2v) is 4.62. The third-order valence-corrected chi connectivity index (χ3v) is 3.29. The van der Waals surface area contributed by atoms with E-state index in [1.807, 2.05) is 12.1 Å². The quantitative estimate of drug-likeness (QED) is 0.821. The van der Waals surface area contributed by atoms with Gasteiger partial charge in [0.25, 0.3) is 0 Å². The molecule has 0 bridgehead atoms. The first-order chi connectivity index (χ1) is 8.29. The van der Waals surface area contributed by atoms with Crippen molar-refractivity contribution in [3.8, 4) is 5.88 Å². The van der Waals surface area contributed by atoms with Crippen molar-refractivity contribution in [2.45, 2.75) is 32.2 Å². The average molecular weight is 236 g/mol. The van der Waals surface area contributed by atoms with E-state index in [-0.39, 0.29) is 6.61 Å². The smallest absolute Gasteiger partial charge is 0.213 e. The highest BCUT2D eigenvalue weighted by Gasteiger charge is 2.22. The number of aliphatic hydroxyl groups excluding tert-OH is 1. The predicted octanol–water partition coefficient (Wildman–Crippen LogP) is 2.05. The zero-order valence-corrected chi connectivity index (χ0v) is 10.2. The number of hydrogen-bond acceptors (Lipinski definition) is 4. The second-order valence-electron chi connectivity index (χ2n) is 4.62. The molecular formula is C13H20N2O2. The molecule has 2 N–H and O–H groups in total. The van der Waals surface area contributed by atoms with Gasteiger partial charge in [-0.25, -0.2) is 4.98 Å². The number of ether oxygens (including phenoxy) is 1. The van der Waals surface area contributed by atoms with E-state index in [1.165, 1.54) is 19.3 Å². The topological polar surface area (TPSA) is 54.4 Å². The molecule has 0 aromatic carbocycles. The zero-order chi connectivity index (χ0) is 12.1. The first-order valence-electron chi connectivity index (χ1n) is 6.26. The highest BCUT2D eigenvalue weighted by atomic mass is 16.5. The van der Waals surface area contributed by atoms with Gasteiger partial charge in [0.1, 0.15) is 6.61 Å². The molecule has 2 atom stereocenters. The lowest BCUT2D eigenvalue weighted by Crippen LogP contribution is -2.21. The van der Waals surface area contributed by atoms with Gasteiger partial charge in [0.15, 0.2) is 0 Å². The van der Waals surface area contributed by atoms with Crippen molar-refractivity contribution < 1.29 is 9.84 Å². The van der Waals surface area contributed by atoms with Gasteiger partial charge in [0, 0.05) is 12.1 Å². The maximum atomic E-state index is 8.64. The Bertz CT molecular complexity index is 340. The Hall–Kier alpha value is -1.29. The number of aliphatic hydroxyl groups is 1. The van der Waals surface area contributed by atoms with Crippen LogP contribution in [0.25, 0.3) is 0 Å². The van der Waals surface area contributed by atoms with Gasteiger partial charge >= 0.3 is 0 Å². The van der Waals surface area contributed by atoms with Crippen LogP contribution < -0.4 is 10.1 Å². The summed E-state index contributed by atoms with van der Waals surface area (Å²) in [6.45, 7) is 2.59. The van der Waals surface area contributed by atoms with Gasteiger partial charge in [-0.15, -0.1) is 0 Å². The summed E-state index contributed by atoms with van der Waals surface area (Å²) >= 11 is 0. The van der Waals surface area contributed by atoms with Crippen molar-refractivity contribution in [2.75, 3.05) is 18.5 Å². The Labute approximate surface area is 102 Å². The van der Waals surface area contributed by atoms with Crippen LogP contribution in [-0.2, 0) is 0 Å². The summed E-state index contributed by atoms with van der Waals surface area (Å²) in [7, 11) is 0. The summed E-state index contributed by atoms with van der Waals surface area (Å²) in [5.74, 6) is 1.30. The van der Waals surface area contributed by atoms with Crippen LogP contribution >= 0.6 is 0 Å². The minimum Gasteiger partial charge on any atom is -0.475 e. The summed E-state index contributed by atoms with van der Waals surface area (Å²) in [4.78, 5) is 4.19. The van der Waals surface area contributed by atoms with E-state index in [9.17, 15) is 0 Å². The van der Waals surface area contributed by atoms with Gasteiger partial charge in [-0.1, -0.05) is 13.3 Å². The van der Waals surface area contributed by atoms with E-state index in [0.717, 1.165) is 11.6 Å². The standard InChI is InChI=1S/C13H20N2O2/c1-10-3-2-4-12(10)15-11-5-6-13(14-9-11)17-8-7-16/h5-6,9-10,12,15-16H,2-4,7-8H2,1H3. The molecule has 1 heterocycles. The second kappa shape index (κ2) is 5.87. The van der Waals surface area contributed by atoms with E-state index in [1.54, 1.807) is 6.20 Å². The Morgan fingerprint density at radius 2 is 2.35 bits per heavy atom. The Kier molecular flexibility index (Phi) is 4.20. The third kappa shape index (κ3) is 3.33. The lowest BCUT2D eigenvalue weighted by molar-refractivity contribution is 0.196. The maximum absolute atomic E-state index is 8.64. The number of hydrogen-bond donors (Lipinski definition) is 2. The number of aromatic nitrogens is 1. The highest BCUT2D eigenvalue weighted by Crippen LogP contribution is 2.27. The monoisotopic (exact) mass is 236 g/mol. The summed E-state index contributed by atoms with van der Waals surface area (Å²) < 4.78 is 5.21. The van der Waals surface area contributed by atoms with Crippen LogP contribution in [0.2, 0.25) is 0 Å². The Morgan fingerprint density at radius 3 is 2.94 bits per heavy atom. The van der Waals surface area contributed by atoms with Crippen LogP contribution in [0.1, 0.15) is 26.2 Å². The first-order valence-corrected chi connectivity index (χ1v) is 6.26. The molecule has 2 rings (SSSR count). The molecule has 17 heavy (non-hydrogen) atoms. The van der Waals surface area contributed by atoms with Gasteiger partial charge in [-0.3, -0.25) is 0 Å². The number of anilines is 1. The van der Waals surface area contributed by atoms with Gasteiger partial charge in [0.2, 0.25) is 5.88 Å².